The molecule has 0 radical (unpaired) electrons. The molecule has 18 heavy (non-hydrogen) atoms. The van der Waals surface area contributed by atoms with Crippen molar-refractivity contribution in [3.05, 3.63) is 44.4 Å². The van der Waals surface area contributed by atoms with E-state index < -0.39 is 15.8 Å². The summed E-state index contributed by atoms with van der Waals surface area (Å²) in [5.74, 6) is -0.638. The lowest BCUT2D eigenvalue weighted by Gasteiger charge is -2.08. The molecule has 0 aliphatic heterocycles. The number of benzene rings is 1. The molecule has 1 N–H and O–H groups in total. The molecule has 0 saturated heterocycles. The Balaban J connectivity index is 2.37. The minimum atomic E-state index is -3.77. The number of hydrogen-bond donors (Lipinski definition) is 1. The third kappa shape index (κ3) is 2.93. The Hall–Kier alpha value is -0.440. The number of sulfonamides is 1. The van der Waals surface area contributed by atoms with Gasteiger partial charge in [-0.1, -0.05) is 15.9 Å². The SMILES string of the molecule is O=S(=O)(Nc1ccc(Br)cc1F)c1sccc1Br. The second kappa shape index (κ2) is 5.28. The summed E-state index contributed by atoms with van der Waals surface area (Å²) in [7, 11) is -3.77. The van der Waals surface area contributed by atoms with Crippen molar-refractivity contribution in [3.8, 4) is 0 Å². The molecule has 0 amide bonds. The fourth-order valence-electron chi connectivity index (χ4n) is 1.23. The van der Waals surface area contributed by atoms with Crippen molar-refractivity contribution in [1.29, 1.82) is 0 Å². The molecular formula is C10H6Br2FNO2S2. The zero-order chi connectivity index (χ0) is 13.3. The Morgan fingerprint density at radius 1 is 1.22 bits per heavy atom. The van der Waals surface area contributed by atoms with Gasteiger partial charge in [0.25, 0.3) is 10.0 Å². The second-order valence-electron chi connectivity index (χ2n) is 3.29. The maximum Gasteiger partial charge on any atom is 0.272 e. The molecule has 1 aromatic carbocycles. The third-order valence-electron chi connectivity index (χ3n) is 2.00. The van der Waals surface area contributed by atoms with Gasteiger partial charge in [-0.15, -0.1) is 11.3 Å². The molecule has 0 aliphatic carbocycles. The van der Waals surface area contributed by atoms with Crippen LogP contribution in [0.3, 0.4) is 0 Å². The summed E-state index contributed by atoms with van der Waals surface area (Å²) in [6, 6.07) is 5.74. The van der Waals surface area contributed by atoms with Gasteiger partial charge in [-0.25, -0.2) is 12.8 Å². The lowest BCUT2D eigenvalue weighted by atomic mass is 10.3. The summed E-state index contributed by atoms with van der Waals surface area (Å²) >= 11 is 7.29. The number of halogens is 3. The van der Waals surface area contributed by atoms with Crippen LogP contribution in [0.15, 0.2) is 42.8 Å². The zero-order valence-corrected chi connectivity index (χ0v) is 13.5. The molecule has 96 valence electrons. The van der Waals surface area contributed by atoms with Crippen molar-refractivity contribution in [2.45, 2.75) is 4.21 Å². The molecule has 1 heterocycles. The minimum Gasteiger partial charge on any atom is -0.276 e. The standard InChI is InChI=1S/C10H6Br2FNO2S2/c11-6-1-2-9(8(13)5-6)14-18(15,16)10-7(12)3-4-17-10/h1-5,14H. The van der Waals surface area contributed by atoms with Crippen LogP contribution in [0.4, 0.5) is 10.1 Å². The topological polar surface area (TPSA) is 46.2 Å². The maximum atomic E-state index is 13.6. The van der Waals surface area contributed by atoms with Crippen LogP contribution in [0.1, 0.15) is 0 Å². The zero-order valence-electron chi connectivity index (χ0n) is 8.65. The van der Waals surface area contributed by atoms with E-state index in [2.05, 4.69) is 36.6 Å². The first kappa shape index (κ1) is 14.0. The van der Waals surface area contributed by atoms with Gasteiger partial charge in [-0.05, 0) is 45.6 Å². The van der Waals surface area contributed by atoms with Crippen molar-refractivity contribution in [1.82, 2.24) is 0 Å². The Morgan fingerprint density at radius 3 is 2.50 bits per heavy atom. The van der Waals surface area contributed by atoms with Gasteiger partial charge in [-0.2, -0.15) is 0 Å². The lowest BCUT2D eigenvalue weighted by molar-refractivity contribution is 0.600. The third-order valence-corrected chi connectivity index (χ3v) is 6.53. The smallest absolute Gasteiger partial charge is 0.272 e. The Kier molecular flexibility index (Phi) is 4.10. The predicted molar refractivity (Wildman–Crippen MR) is 76.9 cm³/mol. The molecule has 0 spiro atoms. The average Bonchev–Trinajstić information content (AvgIpc) is 2.69. The highest BCUT2D eigenvalue weighted by molar-refractivity contribution is 9.10. The summed E-state index contributed by atoms with van der Waals surface area (Å²) in [5, 5.41) is 1.64. The van der Waals surface area contributed by atoms with E-state index in [9.17, 15) is 12.8 Å². The highest BCUT2D eigenvalue weighted by atomic mass is 79.9. The molecule has 8 heteroatoms. The fraction of sp³-hybridized carbons (Fsp3) is 0. The van der Waals surface area contributed by atoms with Gasteiger partial charge in [0, 0.05) is 8.95 Å². The van der Waals surface area contributed by atoms with Crippen molar-refractivity contribution in [2.75, 3.05) is 4.72 Å². The van der Waals surface area contributed by atoms with Crippen LogP contribution in [0.5, 0.6) is 0 Å². The van der Waals surface area contributed by atoms with E-state index in [1.165, 1.54) is 12.1 Å². The lowest BCUT2D eigenvalue weighted by Crippen LogP contribution is -2.13. The van der Waals surface area contributed by atoms with E-state index in [0.717, 1.165) is 11.3 Å². The van der Waals surface area contributed by atoms with Gasteiger partial charge in [0.1, 0.15) is 5.82 Å². The van der Waals surface area contributed by atoms with Gasteiger partial charge >= 0.3 is 0 Å². The number of nitrogens with one attached hydrogen (secondary N) is 1. The van der Waals surface area contributed by atoms with E-state index in [1.807, 2.05) is 0 Å². The predicted octanol–water partition coefficient (Wildman–Crippen LogP) is 4.21. The summed E-state index contributed by atoms with van der Waals surface area (Å²) in [6.45, 7) is 0. The molecule has 1 aromatic heterocycles. The van der Waals surface area contributed by atoms with Gasteiger partial charge in [-0.3, -0.25) is 4.72 Å². The quantitative estimate of drug-likeness (QED) is 0.817. The largest absolute Gasteiger partial charge is 0.276 e. The monoisotopic (exact) mass is 413 g/mol. The Bertz CT molecular complexity index is 685. The van der Waals surface area contributed by atoms with Crippen LogP contribution < -0.4 is 4.72 Å². The summed E-state index contributed by atoms with van der Waals surface area (Å²) in [5.41, 5.74) is -0.0847. The Morgan fingerprint density at radius 2 is 1.94 bits per heavy atom. The summed E-state index contributed by atoms with van der Waals surface area (Å²) in [6.07, 6.45) is 0. The van der Waals surface area contributed by atoms with Crippen molar-refractivity contribution in [2.24, 2.45) is 0 Å². The Labute approximate surface area is 124 Å². The molecule has 0 unspecified atom stereocenters. The van der Waals surface area contributed by atoms with Crippen molar-refractivity contribution < 1.29 is 12.8 Å². The van der Waals surface area contributed by atoms with Gasteiger partial charge in [0.2, 0.25) is 0 Å². The normalized spacial score (nSPS) is 11.5. The van der Waals surface area contributed by atoms with E-state index in [4.69, 9.17) is 0 Å². The summed E-state index contributed by atoms with van der Waals surface area (Å²) in [4.78, 5) is 0. The molecular weight excluding hydrogens is 409 g/mol. The van der Waals surface area contributed by atoms with Crippen LogP contribution in [-0.2, 0) is 10.0 Å². The average molecular weight is 415 g/mol. The van der Waals surface area contributed by atoms with Crippen molar-refractivity contribution >= 4 is 58.9 Å². The number of rotatable bonds is 3. The molecule has 0 saturated carbocycles. The van der Waals surface area contributed by atoms with E-state index in [1.54, 1.807) is 17.5 Å². The van der Waals surface area contributed by atoms with E-state index in [-0.39, 0.29) is 9.90 Å². The molecule has 2 rings (SSSR count). The van der Waals surface area contributed by atoms with Crippen LogP contribution in [0.25, 0.3) is 0 Å². The first-order chi connectivity index (χ1) is 8.40. The molecule has 2 aromatic rings. The highest BCUT2D eigenvalue weighted by Gasteiger charge is 2.20. The van der Waals surface area contributed by atoms with Crippen LogP contribution in [0.2, 0.25) is 0 Å². The highest BCUT2D eigenvalue weighted by Crippen LogP contribution is 2.30. The number of thiophene rings is 1. The molecule has 0 fully saturated rings. The van der Waals surface area contributed by atoms with Crippen LogP contribution in [-0.4, -0.2) is 8.42 Å². The van der Waals surface area contributed by atoms with E-state index >= 15 is 0 Å². The van der Waals surface area contributed by atoms with Crippen molar-refractivity contribution in [3.63, 3.8) is 0 Å². The number of anilines is 1. The van der Waals surface area contributed by atoms with E-state index in [0.29, 0.717) is 8.95 Å². The maximum absolute atomic E-state index is 13.6. The van der Waals surface area contributed by atoms with Gasteiger partial charge in [0.05, 0.1) is 5.69 Å². The van der Waals surface area contributed by atoms with Gasteiger partial charge in [0.15, 0.2) is 4.21 Å². The van der Waals surface area contributed by atoms with Gasteiger partial charge < -0.3 is 0 Å². The molecule has 3 nitrogen and oxygen atoms in total. The van der Waals surface area contributed by atoms with Crippen LogP contribution >= 0.6 is 43.2 Å². The first-order valence-electron chi connectivity index (χ1n) is 4.61. The molecule has 0 atom stereocenters. The molecule has 0 aliphatic rings. The minimum absolute atomic E-state index is 0.0847. The fourth-order valence-corrected chi connectivity index (χ4v) is 4.97. The van der Waals surface area contributed by atoms with Crippen LogP contribution in [0, 0.1) is 5.82 Å². The number of hydrogen-bond acceptors (Lipinski definition) is 3. The summed E-state index contributed by atoms with van der Waals surface area (Å²) < 4.78 is 40.9. The molecule has 0 bridgehead atoms. The second-order valence-corrected chi connectivity index (χ2v) is 7.85. The first-order valence-corrected chi connectivity index (χ1v) is 8.56.